The average molecular weight is 349 g/mol. The minimum Gasteiger partial charge on any atom is -0.492 e. The Balaban J connectivity index is 1.71. The molecule has 1 aromatic heterocycles. The first-order valence-electron chi connectivity index (χ1n) is 8.71. The molecule has 0 aliphatic rings. The number of aromatic nitrogens is 2. The number of benzene rings is 2. The lowest BCUT2D eigenvalue weighted by Crippen LogP contribution is -2.24. The van der Waals surface area contributed by atoms with Crippen LogP contribution in [0.1, 0.15) is 11.4 Å². The number of carbonyl (C=O) groups is 1. The van der Waals surface area contributed by atoms with Crippen LogP contribution in [-0.2, 0) is 17.8 Å². The monoisotopic (exact) mass is 349 g/mol. The van der Waals surface area contributed by atoms with Gasteiger partial charge in [0.1, 0.15) is 18.2 Å². The SMILES string of the molecule is C=CC(=O)NCCc1nc2ccccc2n1CCOc1cccc(C)c1. The fourth-order valence-electron chi connectivity index (χ4n) is 2.90. The van der Waals surface area contributed by atoms with Crippen molar-refractivity contribution in [1.29, 1.82) is 0 Å². The third-order valence-corrected chi connectivity index (χ3v) is 4.14. The number of rotatable bonds is 8. The van der Waals surface area contributed by atoms with E-state index >= 15 is 0 Å². The second kappa shape index (κ2) is 8.34. The van der Waals surface area contributed by atoms with E-state index in [-0.39, 0.29) is 5.91 Å². The molecule has 0 bridgehead atoms. The van der Waals surface area contributed by atoms with Crippen molar-refractivity contribution in [3.8, 4) is 5.75 Å². The number of hydrogen-bond donors (Lipinski definition) is 1. The summed E-state index contributed by atoms with van der Waals surface area (Å²) in [5.74, 6) is 1.63. The van der Waals surface area contributed by atoms with Crippen molar-refractivity contribution in [2.75, 3.05) is 13.2 Å². The van der Waals surface area contributed by atoms with Gasteiger partial charge in [-0.15, -0.1) is 0 Å². The highest BCUT2D eigenvalue weighted by atomic mass is 16.5. The fraction of sp³-hybridized carbons (Fsp3) is 0.238. The Kier molecular flexibility index (Phi) is 5.69. The lowest BCUT2D eigenvalue weighted by molar-refractivity contribution is -0.116. The van der Waals surface area contributed by atoms with Crippen LogP contribution in [0.4, 0.5) is 0 Å². The fourth-order valence-corrected chi connectivity index (χ4v) is 2.90. The molecule has 26 heavy (non-hydrogen) atoms. The van der Waals surface area contributed by atoms with E-state index in [1.165, 1.54) is 11.6 Å². The lowest BCUT2D eigenvalue weighted by Gasteiger charge is -2.11. The summed E-state index contributed by atoms with van der Waals surface area (Å²) in [5, 5.41) is 2.80. The highest BCUT2D eigenvalue weighted by Gasteiger charge is 2.10. The largest absolute Gasteiger partial charge is 0.492 e. The second-order valence-corrected chi connectivity index (χ2v) is 6.08. The number of ether oxygens (including phenoxy) is 1. The van der Waals surface area contributed by atoms with E-state index in [4.69, 9.17) is 9.72 Å². The normalized spacial score (nSPS) is 10.7. The molecule has 0 saturated carbocycles. The summed E-state index contributed by atoms with van der Waals surface area (Å²) < 4.78 is 8.05. The number of nitrogens with one attached hydrogen (secondary N) is 1. The summed E-state index contributed by atoms with van der Waals surface area (Å²) in [5.41, 5.74) is 3.20. The van der Waals surface area contributed by atoms with Crippen LogP contribution in [0.3, 0.4) is 0 Å². The zero-order valence-electron chi connectivity index (χ0n) is 14.9. The minimum atomic E-state index is -0.171. The number of hydrogen-bond acceptors (Lipinski definition) is 3. The molecule has 0 saturated heterocycles. The molecule has 1 N–H and O–H groups in total. The number of carbonyl (C=O) groups excluding carboxylic acids is 1. The topological polar surface area (TPSA) is 56.2 Å². The van der Waals surface area contributed by atoms with Gasteiger partial charge in [-0.3, -0.25) is 4.79 Å². The van der Waals surface area contributed by atoms with Crippen LogP contribution in [0.25, 0.3) is 11.0 Å². The summed E-state index contributed by atoms with van der Waals surface area (Å²) in [6.07, 6.45) is 1.93. The van der Waals surface area contributed by atoms with E-state index in [0.29, 0.717) is 26.1 Å². The van der Waals surface area contributed by atoms with Crippen molar-refractivity contribution in [3.05, 3.63) is 72.6 Å². The molecule has 5 nitrogen and oxygen atoms in total. The number of amides is 1. The molecule has 0 fully saturated rings. The summed E-state index contributed by atoms with van der Waals surface area (Å²) in [6, 6.07) is 16.1. The van der Waals surface area contributed by atoms with E-state index in [1.807, 2.05) is 49.4 Å². The van der Waals surface area contributed by atoms with Crippen molar-refractivity contribution < 1.29 is 9.53 Å². The first-order valence-corrected chi connectivity index (χ1v) is 8.71. The van der Waals surface area contributed by atoms with Crippen molar-refractivity contribution in [3.63, 3.8) is 0 Å². The summed E-state index contributed by atoms with van der Waals surface area (Å²) >= 11 is 0. The molecule has 0 spiro atoms. The molecule has 0 unspecified atom stereocenters. The predicted octanol–water partition coefficient (Wildman–Crippen LogP) is 3.27. The summed E-state index contributed by atoms with van der Waals surface area (Å²) in [7, 11) is 0. The Hall–Kier alpha value is -3.08. The molecular formula is C21H23N3O2. The van der Waals surface area contributed by atoms with Crippen LogP contribution in [0.5, 0.6) is 5.75 Å². The number of imidazole rings is 1. The Morgan fingerprint density at radius 1 is 1.27 bits per heavy atom. The lowest BCUT2D eigenvalue weighted by atomic mass is 10.2. The first-order chi connectivity index (χ1) is 12.7. The molecule has 1 heterocycles. The average Bonchev–Trinajstić information content (AvgIpc) is 2.99. The molecule has 3 rings (SSSR count). The number of fused-ring (bicyclic) bond motifs is 1. The molecule has 1 amide bonds. The summed E-state index contributed by atoms with van der Waals surface area (Å²) in [6.45, 7) is 7.28. The molecule has 0 aliphatic carbocycles. The Morgan fingerprint density at radius 3 is 2.92 bits per heavy atom. The van der Waals surface area contributed by atoms with Crippen LogP contribution in [-0.4, -0.2) is 28.6 Å². The van der Waals surface area contributed by atoms with Crippen molar-refractivity contribution in [2.45, 2.75) is 19.9 Å². The third kappa shape index (κ3) is 4.30. The van der Waals surface area contributed by atoms with Crippen LogP contribution >= 0.6 is 0 Å². The molecule has 0 atom stereocenters. The van der Waals surface area contributed by atoms with Gasteiger partial charge in [0.15, 0.2) is 0 Å². The predicted molar refractivity (Wildman–Crippen MR) is 103 cm³/mol. The number of aryl methyl sites for hydroxylation is 1. The summed E-state index contributed by atoms with van der Waals surface area (Å²) in [4.78, 5) is 16.0. The molecule has 2 aromatic carbocycles. The van der Waals surface area contributed by atoms with Gasteiger partial charge in [0.2, 0.25) is 5.91 Å². The molecular weight excluding hydrogens is 326 g/mol. The first kappa shape index (κ1) is 17.7. The van der Waals surface area contributed by atoms with Gasteiger partial charge in [0.25, 0.3) is 0 Å². The van der Waals surface area contributed by atoms with E-state index < -0.39 is 0 Å². The van der Waals surface area contributed by atoms with Gasteiger partial charge in [-0.25, -0.2) is 4.98 Å². The zero-order valence-corrected chi connectivity index (χ0v) is 14.9. The van der Waals surface area contributed by atoms with Crippen molar-refractivity contribution in [2.24, 2.45) is 0 Å². The van der Waals surface area contributed by atoms with Gasteiger partial charge in [0.05, 0.1) is 17.6 Å². The molecule has 134 valence electrons. The Bertz CT molecular complexity index is 915. The van der Waals surface area contributed by atoms with Gasteiger partial charge < -0.3 is 14.6 Å². The van der Waals surface area contributed by atoms with Gasteiger partial charge in [0, 0.05) is 13.0 Å². The smallest absolute Gasteiger partial charge is 0.243 e. The molecule has 0 radical (unpaired) electrons. The van der Waals surface area contributed by atoms with E-state index in [1.54, 1.807) is 0 Å². The highest BCUT2D eigenvalue weighted by Crippen LogP contribution is 2.17. The number of nitrogens with zero attached hydrogens (tertiary/aromatic N) is 2. The second-order valence-electron chi connectivity index (χ2n) is 6.08. The van der Waals surface area contributed by atoms with Crippen molar-refractivity contribution >= 4 is 16.9 Å². The maximum absolute atomic E-state index is 11.3. The highest BCUT2D eigenvalue weighted by molar-refractivity contribution is 5.86. The maximum atomic E-state index is 11.3. The van der Waals surface area contributed by atoms with Gasteiger partial charge in [-0.2, -0.15) is 0 Å². The van der Waals surface area contributed by atoms with E-state index in [9.17, 15) is 4.79 Å². The Morgan fingerprint density at radius 2 is 2.12 bits per heavy atom. The quantitative estimate of drug-likeness (QED) is 0.635. The molecule has 3 aromatic rings. The molecule has 0 aliphatic heterocycles. The van der Waals surface area contributed by atoms with E-state index in [0.717, 1.165) is 22.6 Å². The maximum Gasteiger partial charge on any atom is 0.243 e. The minimum absolute atomic E-state index is 0.171. The Labute approximate surface area is 153 Å². The van der Waals surface area contributed by atoms with Crippen LogP contribution in [0.15, 0.2) is 61.2 Å². The van der Waals surface area contributed by atoms with E-state index in [2.05, 4.69) is 22.5 Å². The number of para-hydroxylation sites is 2. The zero-order chi connectivity index (χ0) is 18.4. The van der Waals surface area contributed by atoms with Crippen LogP contribution in [0.2, 0.25) is 0 Å². The van der Waals surface area contributed by atoms with Gasteiger partial charge >= 0.3 is 0 Å². The third-order valence-electron chi connectivity index (χ3n) is 4.14. The standard InChI is InChI=1S/C21H23N3O2/c1-3-21(25)22-12-11-20-23-18-9-4-5-10-19(18)24(20)13-14-26-17-8-6-7-16(2)15-17/h3-10,15H,1,11-14H2,2H3,(H,22,25). The van der Waals surface area contributed by atoms with Crippen LogP contribution < -0.4 is 10.1 Å². The van der Waals surface area contributed by atoms with Crippen molar-refractivity contribution in [1.82, 2.24) is 14.9 Å². The molecule has 5 heteroatoms. The van der Waals surface area contributed by atoms with Gasteiger partial charge in [-0.05, 0) is 42.8 Å². The van der Waals surface area contributed by atoms with Crippen LogP contribution in [0, 0.1) is 6.92 Å². The van der Waals surface area contributed by atoms with Gasteiger partial charge in [-0.1, -0.05) is 30.8 Å².